The van der Waals surface area contributed by atoms with Crippen LogP contribution in [0.5, 0.6) is 5.75 Å². The highest BCUT2D eigenvalue weighted by Gasteiger charge is 2.47. The number of hydrogen-bond acceptors (Lipinski definition) is 5. The SMILES string of the molecule is O=C1OCCN1C(=O)[C@@H]1C[C@H]2C=C[C@@H]1N(C(=O)Oc1ccccc1)C2. The quantitative estimate of drug-likeness (QED) is 0.769. The highest BCUT2D eigenvalue weighted by atomic mass is 16.6. The molecule has 3 heterocycles. The number of amides is 3. The number of carbonyl (C=O) groups excluding carboxylic acids is 3. The van der Waals surface area contributed by atoms with Gasteiger partial charge in [0.05, 0.1) is 18.5 Å². The van der Waals surface area contributed by atoms with E-state index in [0.717, 1.165) is 4.90 Å². The molecule has 3 aliphatic heterocycles. The molecule has 25 heavy (non-hydrogen) atoms. The maximum absolute atomic E-state index is 12.7. The lowest BCUT2D eigenvalue weighted by atomic mass is 9.77. The topological polar surface area (TPSA) is 76.2 Å². The highest BCUT2D eigenvalue weighted by molar-refractivity contribution is 5.95. The number of piperidine rings is 1. The van der Waals surface area contributed by atoms with E-state index in [0.29, 0.717) is 18.7 Å². The Kier molecular flexibility index (Phi) is 3.91. The van der Waals surface area contributed by atoms with Crippen LogP contribution in [-0.4, -0.2) is 53.6 Å². The second kappa shape index (κ2) is 6.23. The molecule has 0 unspecified atom stereocenters. The Bertz CT molecular complexity index is 732. The van der Waals surface area contributed by atoms with Gasteiger partial charge in [-0.25, -0.2) is 14.5 Å². The molecule has 1 aromatic rings. The van der Waals surface area contributed by atoms with E-state index in [9.17, 15) is 14.4 Å². The molecule has 1 aliphatic carbocycles. The van der Waals surface area contributed by atoms with E-state index in [1.165, 1.54) is 0 Å². The van der Waals surface area contributed by atoms with Gasteiger partial charge in [-0.05, 0) is 24.5 Å². The Morgan fingerprint density at radius 3 is 2.64 bits per heavy atom. The van der Waals surface area contributed by atoms with Crippen molar-refractivity contribution in [3.63, 3.8) is 0 Å². The number of fused-ring (bicyclic) bond motifs is 2. The fraction of sp³-hybridized carbons (Fsp3) is 0.389. The molecule has 1 aromatic carbocycles. The summed E-state index contributed by atoms with van der Waals surface area (Å²) in [6.07, 6.45) is 3.44. The predicted molar refractivity (Wildman–Crippen MR) is 86.8 cm³/mol. The average molecular weight is 342 g/mol. The van der Waals surface area contributed by atoms with Crippen molar-refractivity contribution in [2.75, 3.05) is 19.7 Å². The number of cyclic esters (lactones) is 1. The Hall–Kier alpha value is -2.83. The molecule has 7 heteroatoms. The van der Waals surface area contributed by atoms with Gasteiger partial charge in [-0.3, -0.25) is 4.79 Å². The standard InChI is InChI=1S/C18H18N2O5/c21-16(19-8-9-24-17(19)22)14-10-12-6-7-15(14)20(11-12)18(23)25-13-4-2-1-3-5-13/h1-7,12,14-15H,8-11H2/t12-,14-,15+/m1/s1. The Labute approximate surface area is 144 Å². The molecule has 3 atom stereocenters. The van der Waals surface area contributed by atoms with Crippen molar-refractivity contribution in [3.05, 3.63) is 42.5 Å². The molecule has 130 valence electrons. The van der Waals surface area contributed by atoms with Crippen molar-refractivity contribution < 1.29 is 23.9 Å². The van der Waals surface area contributed by atoms with Crippen LogP contribution < -0.4 is 4.74 Å². The number of imide groups is 1. The number of ether oxygens (including phenoxy) is 2. The first kappa shape index (κ1) is 15.7. The number of rotatable bonds is 2. The number of hydrogen-bond donors (Lipinski definition) is 0. The molecule has 2 fully saturated rings. The molecule has 7 nitrogen and oxygen atoms in total. The first-order valence-electron chi connectivity index (χ1n) is 8.33. The first-order chi connectivity index (χ1) is 12.1. The summed E-state index contributed by atoms with van der Waals surface area (Å²) in [5.74, 6) is -0.179. The second-order valence-corrected chi connectivity index (χ2v) is 6.42. The van der Waals surface area contributed by atoms with Gasteiger partial charge in [-0.1, -0.05) is 30.4 Å². The van der Waals surface area contributed by atoms with Gasteiger partial charge in [-0.15, -0.1) is 0 Å². The zero-order valence-corrected chi connectivity index (χ0v) is 13.5. The molecular formula is C18H18N2O5. The van der Waals surface area contributed by atoms with Gasteiger partial charge in [-0.2, -0.15) is 0 Å². The maximum Gasteiger partial charge on any atom is 0.416 e. The third kappa shape index (κ3) is 2.86. The van der Waals surface area contributed by atoms with Crippen LogP contribution in [0, 0.1) is 11.8 Å². The van der Waals surface area contributed by atoms with Crippen molar-refractivity contribution in [3.8, 4) is 5.75 Å². The van der Waals surface area contributed by atoms with E-state index < -0.39 is 24.1 Å². The summed E-state index contributed by atoms with van der Waals surface area (Å²) < 4.78 is 10.3. The van der Waals surface area contributed by atoms with Gasteiger partial charge in [0, 0.05) is 6.54 Å². The van der Waals surface area contributed by atoms with E-state index in [4.69, 9.17) is 9.47 Å². The van der Waals surface area contributed by atoms with Crippen LogP contribution in [0.3, 0.4) is 0 Å². The Balaban J connectivity index is 1.51. The van der Waals surface area contributed by atoms with Crippen molar-refractivity contribution in [1.29, 1.82) is 0 Å². The molecule has 3 amide bonds. The normalized spacial score (nSPS) is 27.4. The summed E-state index contributed by atoms with van der Waals surface area (Å²) in [7, 11) is 0. The predicted octanol–water partition coefficient (Wildman–Crippen LogP) is 2.04. The van der Waals surface area contributed by atoms with Crippen LogP contribution in [0.25, 0.3) is 0 Å². The van der Waals surface area contributed by atoms with Crippen LogP contribution >= 0.6 is 0 Å². The zero-order valence-electron chi connectivity index (χ0n) is 13.5. The van der Waals surface area contributed by atoms with Crippen molar-refractivity contribution in [2.45, 2.75) is 12.5 Å². The summed E-state index contributed by atoms with van der Waals surface area (Å²) in [6, 6.07) is 8.43. The molecule has 0 spiro atoms. The van der Waals surface area contributed by atoms with E-state index in [-0.39, 0.29) is 25.0 Å². The van der Waals surface area contributed by atoms with Gasteiger partial charge < -0.3 is 14.4 Å². The number of nitrogens with zero attached hydrogens (tertiary/aromatic N) is 2. The Morgan fingerprint density at radius 2 is 1.96 bits per heavy atom. The van der Waals surface area contributed by atoms with Crippen molar-refractivity contribution in [2.24, 2.45) is 11.8 Å². The van der Waals surface area contributed by atoms with Gasteiger partial charge in [0.2, 0.25) is 5.91 Å². The zero-order chi connectivity index (χ0) is 17.4. The summed E-state index contributed by atoms with van der Waals surface area (Å²) in [6.45, 7) is 1.01. The third-order valence-electron chi connectivity index (χ3n) is 4.87. The van der Waals surface area contributed by atoms with E-state index in [2.05, 4.69) is 0 Å². The van der Waals surface area contributed by atoms with Crippen LogP contribution in [0.2, 0.25) is 0 Å². The van der Waals surface area contributed by atoms with E-state index in [1.807, 2.05) is 18.2 Å². The Morgan fingerprint density at radius 1 is 1.16 bits per heavy atom. The lowest BCUT2D eigenvalue weighted by molar-refractivity contribution is -0.135. The average Bonchev–Trinajstić information content (AvgIpc) is 3.08. The summed E-state index contributed by atoms with van der Waals surface area (Å²) in [5, 5.41) is 0. The first-order valence-corrected chi connectivity index (χ1v) is 8.33. The highest BCUT2D eigenvalue weighted by Crippen LogP contribution is 2.36. The molecule has 0 aromatic heterocycles. The van der Waals surface area contributed by atoms with Crippen LogP contribution in [0.4, 0.5) is 9.59 Å². The fourth-order valence-corrected chi connectivity index (χ4v) is 3.67. The van der Waals surface area contributed by atoms with E-state index >= 15 is 0 Å². The van der Waals surface area contributed by atoms with Crippen LogP contribution in [0.15, 0.2) is 42.5 Å². The molecule has 0 N–H and O–H groups in total. The van der Waals surface area contributed by atoms with Gasteiger partial charge in [0.1, 0.15) is 12.4 Å². The lowest BCUT2D eigenvalue weighted by Gasteiger charge is -2.45. The van der Waals surface area contributed by atoms with Crippen LogP contribution in [-0.2, 0) is 9.53 Å². The van der Waals surface area contributed by atoms with Crippen molar-refractivity contribution >= 4 is 18.1 Å². The fourth-order valence-electron chi connectivity index (χ4n) is 3.67. The van der Waals surface area contributed by atoms with E-state index in [1.54, 1.807) is 29.2 Å². The second-order valence-electron chi connectivity index (χ2n) is 6.42. The monoisotopic (exact) mass is 342 g/mol. The number of benzene rings is 1. The molecule has 4 aliphatic rings. The summed E-state index contributed by atoms with van der Waals surface area (Å²) in [5.41, 5.74) is 0. The molecule has 2 bridgehead atoms. The molecule has 5 rings (SSSR count). The molecule has 0 saturated carbocycles. The summed E-state index contributed by atoms with van der Waals surface area (Å²) >= 11 is 0. The molecule has 2 saturated heterocycles. The molecule has 0 radical (unpaired) electrons. The largest absolute Gasteiger partial charge is 0.447 e. The molecular weight excluding hydrogens is 324 g/mol. The smallest absolute Gasteiger partial charge is 0.416 e. The minimum atomic E-state index is -0.603. The lowest BCUT2D eigenvalue weighted by Crippen LogP contribution is -2.57. The van der Waals surface area contributed by atoms with Crippen LogP contribution in [0.1, 0.15) is 6.42 Å². The number of para-hydroxylation sites is 1. The van der Waals surface area contributed by atoms with Gasteiger partial charge in [0.15, 0.2) is 0 Å². The van der Waals surface area contributed by atoms with Gasteiger partial charge >= 0.3 is 12.2 Å². The van der Waals surface area contributed by atoms with Gasteiger partial charge in [0.25, 0.3) is 0 Å². The third-order valence-corrected chi connectivity index (χ3v) is 4.87. The minimum absolute atomic E-state index is 0.0842. The number of carbonyl (C=O) groups is 3. The summed E-state index contributed by atoms with van der Waals surface area (Å²) in [4.78, 5) is 39.7. The van der Waals surface area contributed by atoms with Crippen molar-refractivity contribution in [1.82, 2.24) is 9.80 Å². The minimum Gasteiger partial charge on any atom is -0.447 e. The maximum atomic E-state index is 12.7.